The molecule has 1 aliphatic carbocycles. The number of rotatable bonds is 7. The minimum absolute atomic E-state index is 0.0410. The maximum Gasteiger partial charge on any atom is 0.317 e. The van der Waals surface area contributed by atoms with Crippen molar-refractivity contribution in [3.63, 3.8) is 0 Å². The Labute approximate surface area is 152 Å². The highest BCUT2D eigenvalue weighted by atomic mass is 16.3. The number of aliphatic hydroxyl groups is 1. The zero-order valence-corrected chi connectivity index (χ0v) is 15.9. The minimum atomic E-state index is -0.255. The summed E-state index contributed by atoms with van der Waals surface area (Å²) in [5.41, 5.74) is 2.49. The lowest BCUT2D eigenvalue weighted by Crippen LogP contribution is -2.43. The highest BCUT2D eigenvalue weighted by Gasteiger charge is 2.25. The standard InChI is InChI=1S/C20H33N3O2/c1-22(2)18-12-10-16(11-13-18)7-6-14-21-20(25)23(3)15-17-8-4-5-9-19(17)24/h10-13,17,19,24H,4-9,14-15H2,1-3H3,(H,21,25). The molecule has 0 spiro atoms. The van der Waals surface area contributed by atoms with Gasteiger partial charge in [0.2, 0.25) is 0 Å². The molecule has 0 bridgehead atoms. The van der Waals surface area contributed by atoms with Crippen LogP contribution in [0.25, 0.3) is 0 Å². The number of aryl methyl sites for hydroxylation is 1. The molecule has 5 nitrogen and oxygen atoms in total. The molecular formula is C20H33N3O2. The van der Waals surface area contributed by atoms with Crippen molar-refractivity contribution in [3.8, 4) is 0 Å². The number of carbonyl (C=O) groups is 1. The Balaban J connectivity index is 1.65. The molecule has 2 unspecified atom stereocenters. The monoisotopic (exact) mass is 347 g/mol. The molecule has 0 aromatic heterocycles. The fraction of sp³-hybridized carbons (Fsp3) is 0.650. The van der Waals surface area contributed by atoms with E-state index in [0.717, 1.165) is 38.5 Å². The van der Waals surface area contributed by atoms with Crippen LogP contribution in [0, 0.1) is 5.92 Å². The number of anilines is 1. The predicted molar refractivity (Wildman–Crippen MR) is 103 cm³/mol. The number of hydrogen-bond acceptors (Lipinski definition) is 3. The second-order valence-corrected chi connectivity index (χ2v) is 7.39. The van der Waals surface area contributed by atoms with Crippen molar-refractivity contribution in [2.75, 3.05) is 39.1 Å². The Hall–Kier alpha value is -1.75. The van der Waals surface area contributed by atoms with Crippen molar-refractivity contribution in [3.05, 3.63) is 29.8 Å². The van der Waals surface area contributed by atoms with E-state index in [2.05, 4.69) is 34.5 Å². The van der Waals surface area contributed by atoms with Gasteiger partial charge in [0.25, 0.3) is 0 Å². The maximum atomic E-state index is 12.2. The van der Waals surface area contributed by atoms with E-state index < -0.39 is 0 Å². The van der Waals surface area contributed by atoms with Gasteiger partial charge in [-0.25, -0.2) is 4.79 Å². The van der Waals surface area contributed by atoms with Crippen LogP contribution >= 0.6 is 0 Å². The Kier molecular flexibility index (Phi) is 7.56. The van der Waals surface area contributed by atoms with Crippen LogP contribution in [0.3, 0.4) is 0 Å². The van der Waals surface area contributed by atoms with Crippen molar-refractivity contribution < 1.29 is 9.90 Å². The number of hydrogen-bond donors (Lipinski definition) is 2. The second kappa shape index (κ2) is 9.66. The van der Waals surface area contributed by atoms with Gasteiger partial charge in [0.1, 0.15) is 0 Å². The van der Waals surface area contributed by atoms with Crippen LogP contribution in [-0.2, 0) is 6.42 Å². The molecule has 1 saturated carbocycles. The number of nitrogens with zero attached hydrogens (tertiary/aromatic N) is 2. The van der Waals surface area contributed by atoms with E-state index in [1.807, 2.05) is 21.1 Å². The molecule has 5 heteroatoms. The van der Waals surface area contributed by atoms with Gasteiger partial charge in [-0.3, -0.25) is 0 Å². The van der Waals surface area contributed by atoms with Crippen LogP contribution in [0.5, 0.6) is 0 Å². The van der Waals surface area contributed by atoms with E-state index in [1.165, 1.54) is 11.3 Å². The minimum Gasteiger partial charge on any atom is -0.393 e. The molecular weight excluding hydrogens is 314 g/mol. The lowest BCUT2D eigenvalue weighted by molar-refractivity contribution is 0.0565. The molecule has 0 radical (unpaired) electrons. The first-order valence-electron chi connectivity index (χ1n) is 9.40. The largest absolute Gasteiger partial charge is 0.393 e. The number of carbonyl (C=O) groups excluding carboxylic acids is 1. The van der Waals surface area contributed by atoms with E-state index in [-0.39, 0.29) is 18.1 Å². The molecule has 1 aromatic rings. The summed E-state index contributed by atoms with van der Waals surface area (Å²) in [6.07, 6.45) is 5.77. The first-order chi connectivity index (χ1) is 12.0. The number of amides is 2. The van der Waals surface area contributed by atoms with E-state index in [0.29, 0.717) is 13.1 Å². The third-order valence-corrected chi connectivity index (χ3v) is 5.10. The van der Waals surface area contributed by atoms with Crippen molar-refractivity contribution in [2.45, 2.75) is 44.6 Å². The first-order valence-corrected chi connectivity index (χ1v) is 9.40. The van der Waals surface area contributed by atoms with Gasteiger partial charge in [-0.15, -0.1) is 0 Å². The maximum absolute atomic E-state index is 12.2. The predicted octanol–water partition coefficient (Wildman–Crippen LogP) is 2.88. The molecule has 0 heterocycles. The number of aliphatic hydroxyl groups excluding tert-OH is 1. The van der Waals surface area contributed by atoms with Gasteiger partial charge in [0.15, 0.2) is 0 Å². The molecule has 2 atom stereocenters. The van der Waals surface area contributed by atoms with Gasteiger partial charge in [0, 0.05) is 45.8 Å². The Morgan fingerprint density at radius 1 is 1.16 bits per heavy atom. The van der Waals surface area contributed by atoms with E-state index in [1.54, 1.807) is 4.90 Å². The zero-order chi connectivity index (χ0) is 18.2. The summed E-state index contributed by atoms with van der Waals surface area (Å²) < 4.78 is 0. The van der Waals surface area contributed by atoms with Gasteiger partial charge in [-0.2, -0.15) is 0 Å². The molecule has 25 heavy (non-hydrogen) atoms. The smallest absolute Gasteiger partial charge is 0.317 e. The fourth-order valence-electron chi connectivity index (χ4n) is 3.42. The summed E-state index contributed by atoms with van der Waals surface area (Å²) in [6.45, 7) is 1.31. The number of urea groups is 1. The molecule has 2 amide bonds. The Bertz CT molecular complexity index is 530. The summed E-state index contributed by atoms with van der Waals surface area (Å²) in [5, 5.41) is 13.0. The highest BCUT2D eigenvalue weighted by molar-refractivity contribution is 5.73. The molecule has 1 aromatic carbocycles. The summed E-state index contributed by atoms with van der Waals surface area (Å²) >= 11 is 0. The van der Waals surface area contributed by atoms with E-state index in [4.69, 9.17) is 0 Å². The molecule has 0 saturated heterocycles. The second-order valence-electron chi connectivity index (χ2n) is 7.39. The van der Waals surface area contributed by atoms with Crippen LogP contribution in [0.2, 0.25) is 0 Å². The average molecular weight is 348 g/mol. The van der Waals surface area contributed by atoms with Gasteiger partial charge < -0.3 is 20.2 Å². The zero-order valence-electron chi connectivity index (χ0n) is 15.9. The molecule has 1 fully saturated rings. The van der Waals surface area contributed by atoms with Crippen LogP contribution < -0.4 is 10.2 Å². The molecule has 1 aliphatic rings. The summed E-state index contributed by atoms with van der Waals surface area (Å²) in [4.78, 5) is 16.0. The van der Waals surface area contributed by atoms with Crippen LogP contribution in [0.1, 0.15) is 37.7 Å². The van der Waals surface area contributed by atoms with Crippen LogP contribution in [0.15, 0.2) is 24.3 Å². The summed E-state index contributed by atoms with van der Waals surface area (Å²) in [5.74, 6) is 0.222. The lowest BCUT2D eigenvalue weighted by atomic mass is 9.86. The van der Waals surface area contributed by atoms with Gasteiger partial charge in [0.05, 0.1) is 6.10 Å². The molecule has 140 valence electrons. The normalized spacial score (nSPS) is 20.2. The highest BCUT2D eigenvalue weighted by Crippen LogP contribution is 2.24. The SMILES string of the molecule is CN(CC1CCCCC1O)C(=O)NCCCc1ccc(N(C)C)cc1. The van der Waals surface area contributed by atoms with E-state index in [9.17, 15) is 9.90 Å². The van der Waals surface area contributed by atoms with Gasteiger partial charge in [-0.1, -0.05) is 25.0 Å². The third kappa shape index (κ3) is 6.24. The number of nitrogens with one attached hydrogen (secondary N) is 1. The number of benzene rings is 1. The van der Waals surface area contributed by atoms with Crippen LogP contribution in [-0.4, -0.2) is 56.4 Å². The Morgan fingerprint density at radius 2 is 1.84 bits per heavy atom. The van der Waals surface area contributed by atoms with Crippen molar-refractivity contribution in [1.29, 1.82) is 0 Å². The van der Waals surface area contributed by atoms with Crippen LogP contribution in [0.4, 0.5) is 10.5 Å². The van der Waals surface area contributed by atoms with Crippen molar-refractivity contribution in [1.82, 2.24) is 10.2 Å². The fourth-order valence-corrected chi connectivity index (χ4v) is 3.42. The molecule has 0 aliphatic heterocycles. The third-order valence-electron chi connectivity index (χ3n) is 5.10. The van der Waals surface area contributed by atoms with Crippen molar-refractivity contribution >= 4 is 11.7 Å². The quantitative estimate of drug-likeness (QED) is 0.746. The first kappa shape index (κ1) is 19.6. The lowest BCUT2D eigenvalue weighted by Gasteiger charge is -2.31. The van der Waals surface area contributed by atoms with Gasteiger partial charge >= 0.3 is 6.03 Å². The topological polar surface area (TPSA) is 55.8 Å². The molecule has 2 N–H and O–H groups in total. The average Bonchev–Trinajstić information content (AvgIpc) is 2.60. The molecule has 2 rings (SSSR count). The van der Waals surface area contributed by atoms with Gasteiger partial charge in [-0.05, 0) is 43.4 Å². The van der Waals surface area contributed by atoms with E-state index >= 15 is 0 Å². The summed E-state index contributed by atoms with van der Waals surface area (Å²) in [6, 6.07) is 8.50. The Morgan fingerprint density at radius 3 is 2.48 bits per heavy atom. The summed E-state index contributed by atoms with van der Waals surface area (Å²) in [7, 11) is 5.89. The van der Waals surface area contributed by atoms with Crippen molar-refractivity contribution in [2.24, 2.45) is 5.92 Å².